The van der Waals surface area contributed by atoms with Crippen molar-refractivity contribution in [2.75, 3.05) is 0 Å². The fourth-order valence-electron chi connectivity index (χ4n) is 0.672. The van der Waals surface area contributed by atoms with E-state index in [-0.39, 0.29) is 0 Å². The second-order valence-electron chi connectivity index (χ2n) is 1.84. The van der Waals surface area contributed by atoms with Crippen LogP contribution in [0.15, 0.2) is 36.6 Å². The van der Waals surface area contributed by atoms with Gasteiger partial charge in [-0.25, -0.2) is 4.39 Å². The van der Waals surface area contributed by atoms with Gasteiger partial charge in [-0.3, -0.25) is 0 Å². The van der Waals surface area contributed by atoms with Crippen molar-refractivity contribution in [1.82, 2.24) is 0 Å². The lowest BCUT2D eigenvalue weighted by atomic mass is 10.2. The van der Waals surface area contributed by atoms with Crippen LogP contribution in [0.25, 0.3) is 5.83 Å². The molecule has 0 aliphatic carbocycles. The fourth-order valence-corrected chi connectivity index (χ4v) is 0.672. The zero-order chi connectivity index (χ0) is 7.40. The maximum atomic E-state index is 12.5. The van der Waals surface area contributed by atoms with E-state index in [0.717, 1.165) is 0 Å². The Hall–Kier alpha value is -1.31. The molecular weight excluding hydrogens is 131 g/mol. The van der Waals surface area contributed by atoms with Crippen LogP contribution >= 0.6 is 0 Å². The van der Waals surface area contributed by atoms with Crippen LogP contribution in [0.5, 0.6) is 0 Å². The van der Waals surface area contributed by atoms with E-state index in [1.165, 1.54) is 0 Å². The molecule has 0 bridgehead atoms. The van der Waals surface area contributed by atoms with Crippen molar-refractivity contribution in [3.63, 3.8) is 0 Å². The third-order valence-electron chi connectivity index (χ3n) is 1.16. The number of aliphatic hydroxyl groups excluding tert-OH is 1. The summed E-state index contributed by atoms with van der Waals surface area (Å²) in [6, 6.07) is 8.37. The lowest BCUT2D eigenvalue weighted by Crippen LogP contribution is -1.74. The third kappa shape index (κ3) is 1.35. The van der Waals surface area contributed by atoms with E-state index in [1.54, 1.807) is 30.3 Å². The number of halogens is 1. The minimum Gasteiger partial charge on any atom is -0.513 e. The highest BCUT2D eigenvalue weighted by Crippen LogP contribution is 2.12. The first kappa shape index (κ1) is 6.81. The van der Waals surface area contributed by atoms with Crippen LogP contribution in [-0.2, 0) is 0 Å². The predicted molar refractivity (Wildman–Crippen MR) is 38.2 cm³/mol. The molecule has 1 rings (SSSR count). The SMILES string of the molecule is OC=C(F)c1ccccc1. The average molecular weight is 138 g/mol. The molecule has 52 valence electrons. The van der Waals surface area contributed by atoms with Crippen LogP contribution in [-0.4, -0.2) is 5.11 Å². The van der Waals surface area contributed by atoms with Crippen LogP contribution in [0.3, 0.4) is 0 Å². The molecule has 0 atom stereocenters. The number of rotatable bonds is 1. The largest absolute Gasteiger partial charge is 0.513 e. The Morgan fingerprint density at radius 1 is 1.30 bits per heavy atom. The highest BCUT2D eigenvalue weighted by Gasteiger charge is 1.95. The molecule has 1 N–H and O–H groups in total. The van der Waals surface area contributed by atoms with Gasteiger partial charge in [0.15, 0.2) is 5.83 Å². The van der Waals surface area contributed by atoms with Gasteiger partial charge in [-0.15, -0.1) is 0 Å². The molecular formula is C8H7FO. The molecule has 0 unspecified atom stereocenters. The Labute approximate surface area is 58.4 Å². The predicted octanol–water partition coefficient (Wildman–Crippen LogP) is 2.51. The van der Waals surface area contributed by atoms with Gasteiger partial charge in [-0.05, 0) is 0 Å². The van der Waals surface area contributed by atoms with Gasteiger partial charge in [0, 0.05) is 5.56 Å². The normalized spacial score (nSPS) is 11.5. The Morgan fingerprint density at radius 2 is 1.90 bits per heavy atom. The summed E-state index contributed by atoms with van der Waals surface area (Å²) in [6.45, 7) is 0. The molecule has 0 heterocycles. The standard InChI is InChI=1S/C8H7FO/c9-8(6-10)7-4-2-1-3-5-7/h1-6,10H. The van der Waals surface area contributed by atoms with Crippen molar-refractivity contribution in [3.8, 4) is 0 Å². The first-order valence-corrected chi connectivity index (χ1v) is 2.90. The van der Waals surface area contributed by atoms with Crippen molar-refractivity contribution in [3.05, 3.63) is 42.2 Å². The number of aliphatic hydroxyl groups is 1. The second kappa shape index (κ2) is 3.01. The fraction of sp³-hybridized carbons (Fsp3) is 0. The first-order valence-electron chi connectivity index (χ1n) is 2.90. The van der Waals surface area contributed by atoms with Gasteiger partial charge in [0.2, 0.25) is 0 Å². The minimum atomic E-state index is -0.611. The minimum absolute atomic E-state index is 0.394. The smallest absolute Gasteiger partial charge is 0.164 e. The maximum absolute atomic E-state index is 12.5. The molecule has 0 saturated carbocycles. The number of hydrogen-bond donors (Lipinski definition) is 1. The Balaban J connectivity index is 2.96. The van der Waals surface area contributed by atoms with E-state index in [1.807, 2.05) is 0 Å². The summed E-state index contributed by atoms with van der Waals surface area (Å²) in [5.41, 5.74) is 0.394. The molecule has 2 heteroatoms. The van der Waals surface area contributed by atoms with E-state index >= 15 is 0 Å². The summed E-state index contributed by atoms with van der Waals surface area (Å²) in [7, 11) is 0. The second-order valence-corrected chi connectivity index (χ2v) is 1.84. The topological polar surface area (TPSA) is 20.2 Å². The molecule has 0 saturated heterocycles. The summed E-state index contributed by atoms with van der Waals surface area (Å²) in [5, 5.41) is 8.25. The summed E-state index contributed by atoms with van der Waals surface area (Å²) in [5.74, 6) is -0.611. The Bertz CT molecular complexity index is 228. The molecule has 1 nitrogen and oxygen atoms in total. The van der Waals surface area contributed by atoms with Crippen LogP contribution in [0.1, 0.15) is 5.56 Å². The first-order chi connectivity index (χ1) is 4.84. The molecule has 0 fully saturated rings. The zero-order valence-electron chi connectivity index (χ0n) is 5.29. The van der Waals surface area contributed by atoms with Gasteiger partial charge in [-0.1, -0.05) is 30.3 Å². The molecule has 0 spiro atoms. The quantitative estimate of drug-likeness (QED) is 0.591. The van der Waals surface area contributed by atoms with E-state index in [2.05, 4.69) is 0 Å². The summed E-state index contributed by atoms with van der Waals surface area (Å²) >= 11 is 0. The van der Waals surface area contributed by atoms with E-state index < -0.39 is 5.83 Å². The van der Waals surface area contributed by atoms with Crippen LogP contribution < -0.4 is 0 Å². The maximum Gasteiger partial charge on any atom is 0.164 e. The van der Waals surface area contributed by atoms with Crippen molar-refractivity contribution >= 4 is 5.83 Å². The summed E-state index contributed by atoms with van der Waals surface area (Å²) in [6.07, 6.45) is 0.454. The van der Waals surface area contributed by atoms with Crippen LogP contribution in [0, 0.1) is 0 Å². The average Bonchev–Trinajstić information content (AvgIpc) is 2.05. The summed E-state index contributed by atoms with van der Waals surface area (Å²) in [4.78, 5) is 0. The van der Waals surface area contributed by atoms with Gasteiger partial charge in [0.1, 0.15) is 6.26 Å². The number of benzene rings is 1. The van der Waals surface area contributed by atoms with E-state index in [4.69, 9.17) is 5.11 Å². The van der Waals surface area contributed by atoms with E-state index in [9.17, 15) is 4.39 Å². The molecule has 1 aromatic carbocycles. The highest BCUT2D eigenvalue weighted by molar-refractivity contribution is 5.57. The zero-order valence-corrected chi connectivity index (χ0v) is 5.29. The van der Waals surface area contributed by atoms with Gasteiger partial charge in [-0.2, -0.15) is 0 Å². The monoisotopic (exact) mass is 138 g/mol. The number of hydrogen-bond acceptors (Lipinski definition) is 1. The van der Waals surface area contributed by atoms with Crippen LogP contribution in [0.2, 0.25) is 0 Å². The molecule has 0 aliphatic heterocycles. The van der Waals surface area contributed by atoms with Gasteiger partial charge >= 0.3 is 0 Å². The molecule has 0 aromatic heterocycles. The Kier molecular flexibility index (Phi) is 2.05. The van der Waals surface area contributed by atoms with Gasteiger partial charge < -0.3 is 5.11 Å². The third-order valence-corrected chi connectivity index (χ3v) is 1.16. The Morgan fingerprint density at radius 3 is 2.40 bits per heavy atom. The van der Waals surface area contributed by atoms with Crippen LogP contribution in [0.4, 0.5) is 4.39 Å². The molecule has 1 aromatic rings. The van der Waals surface area contributed by atoms with Crippen molar-refractivity contribution < 1.29 is 9.50 Å². The molecule has 10 heavy (non-hydrogen) atoms. The lowest BCUT2D eigenvalue weighted by molar-refractivity contribution is 0.465. The van der Waals surface area contributed by atoms with Crippen molar-refractivity contribution in [1.29, 1.82) is 0 Å². The van der Waals surface area contributed by atoms with Crippen molar-refractivity contribution in [2.45, 2.75) is 0 Å². The molecule has 0 radical (unpaired) electrons. The van der Waals surface area contributed by atoms with Gasteiger partial charge in [0.25, 0.3) is 0 Å². The molecule has 0 amide bonds. The molecule has 0 aliphatic rings. The van der Waals surface area contributed by atoms with E-state index in [0.29, 0.717) is 11.8 Å². The van der Waals surface area contributed by atoms with Gasteiger partial charge in [0.05, 0.1) is 0 Å². The highest BCUT2D eigenvalue weighted by atomic mass is 19.1. The lowest BCUT2D eigenvalue weighted by Gasteiger charge is -1.92. The summed E-state index contributed by atoms with van der Waals surface area (Å²) < 4.78 is 12.5. The van der Waals surface area contributed by atoms with Crippen molar-refractivity contribution in [2.24, 2.45) is 0 Å².